The van der Waals surface area contributed by atoms with Crippen molar-refractivity contribution in [3.63, 3.8) is 0 Å². The summed E-state index contributed by atoms with van der Waals surface area (Å²) in [7, 11) is 1.52. The lowest BCUT2D eigenvalue weighted by Gasteiger charge is -2.38. The molecule has 0 aliphatic carbocycles. The van der Waals surface area contributed by atoms with E-state index in [1.54, 1.807) is 59.5 Å². The van der Waals surface area contributed by atoms with Crippen LogP contribution in [0.1, 0.15) is 28.8 Å². The summed E-state index contributed by atoms with van der Waals surface area (Å²) in [5.41, 5.74) is 1.85. The molecule has 1 heterocycles. The van der Waals surface area contributed by atoms with Crippen LogP contribution in [0.2, 0.25) is 0 Å². The fraction of sp³-hybridized carbons (Fsp3) is 0.269. The van der Waals surface area contributed by atoms with Gasteiger partial charge < -0.3 is 9.64 Å². The fourth-order valence-corrected chi connectivity index (χ4v) is 4.45. The number of nitro groups is 1. The van der Waals surface area contributed by atoms with Gasteiger partial charge in [-0.3, -0.25) is 19.8 Å². The molecule has 0 aromatic heterocycles. The van der Waals surface area contributed by atoms with E-state index < -0.39 is 0 Å². The number of benzene rings is 3. The van der Waals surface area contributed by atoms with Gasteiger partial charge in [0.05, 0.1) is 17.6 Å². The van der Waals surface area contributed by atoms with Crippen LogP contribution < -0.4 is 9.64 Å². The first kappa shape index (κ1) is 23.4. The number of likely N-dealkylation sites (tertiary alicyclic amines) is 1. The zero-order valence-corrected chi connectivity index (χ0v) is 18.9. The summed E-state index contributed by atoms with van der Waals surface area (Å²) in [5, 5.41) is 11.4. The molecule has 8 heteroatoms. The van der Waals surface area contributed by atoms with Crippen LogP contribution in [0.25, 0.3) is 0 Å². The Bertz CT molecular complexity index is 1160. The van der Waals surface area contributed by atoms with Crippen molar-refractivity contribution in [1.82, 2.24) is 4.90 Å². The summed E-state index contributed by atoms with van der Waals surface area (Å²) in [4.78, 5) is 28.5. The second-order valence-corrected chi connectivity index (χ2v) is 8.24. The van der Waals surface area contributed by atoms with Gasteiger partial charge in [-0.25, -0.2) is 4.39 Å². The molecule has 0 unspecified atom stereocenters. The lowest BCUT2D eigenvalue weighted by atomic mass is 9.99. The topological polar surface area (TPSA) is 75.9 Å². The molecule has 3 aromatic rings. The molecule has 34 heavy (non-hydrogen) atoms. The predicted molar refractivity (Wildman–Crippen MR) is 128 cm³/mol. The van der Waals surface area contributed by atoms with Crippen molar-refractivity contribution in [2.24, 2.45) is 0 Å². The third-order valence-corrected chi connectivity index (χ3v) is 6.17. The van der Waals surface area contributed by atoms with Crippen molar-refractivity contribution in [2.75, 3.05) is 25.1 Å². The molecule has 7 nitrogen and oxygen atoms in total. The number of methoxy groups -OCH3 is 1. The number of rotatable bonds is 7. The van der Waals surface area contributed by atoms with E-state index in [0.717, 1.165) is 0 Å². The van der Waals surface area contributed by atoms with Crippen LogP contribution in [-0.4, -0.2) is 42.0 Å². The molecule has 4 rings (SSSR count). The smallest absolute Gasteiger partial charge is 0.273 e. The van der Waals surface area contributed by atoms with Crippen LogP contribution in [0.15, 0.2) is 72.8 Å². The number of carbonyl (C=O) groups is 1. The maximum Gasteiger partial charge on any atom is 0.273 e. The van der Waals surface area contributed by atoms with Gasteiger partial charge in [-0.1, -0.05) is 30.3 Å². The van der Waals surface area contributed by atoms with E-state index in [0.29, 0.717) is 55.0 Å². The molecule has 0 saturated carbocycles. The van der Waals surface area contributed by atoms with Crippen molar-refractivity contribution in [3.8, 4) is 5.75 Å². The van der Waals surface area contributed by atoms with E-state index in [1.165, 1.54) is 25.3 Å². The summed E-state index contributed by atoms with van der Waals surface area (Å²) in [6.07, 6.45) is 1.36. The number of hydrogen-bond acceptors (Lipinski definition) is 5. The lowest BCUT2D eigenvalue weighted by molar-refractivity contribution is -0.385. The maximum atomic E-state index is 13.7. The van der Waals surface area contributed by atoms with Gasteiger partial charge in [0.2, 0.25) is 0 Å². The van der Waals surface area contributed by atoms with Gasteiger partial charge >= 0.3 is 0 Å². The highest BCUT2D eigenvalue weighted by Crippen LogP contribution is 2.30. The van der Waals surface area contributed by atoms with Gasteiger partial charge in [-0.05, 0) is 49.2 Å². The number of ether oxygens (including phenoxy) is 1. The van der Waals surface area contributed by atoms with Gasteiger partial charge in [-0.15, -0.1) is 0 Å². The molecular formula is C26H26FN3O4. The molecule has 176 valence electrons. The molecule has 0 spiro atoms. The average Bonchev–Trinajstić information content (AvgIpc) is 2.86. The monoisotopic (exact) mass is 463 g/mol. The molecule has 0 radical (unpaired) electrons. The second-order valence-electron chi connectivity index (χ2n) is 8.24. The highest BCUT2D eigenvalue weighted by atomic mass is 19.1. The number of para-hydroxylation sites is 2. The summed E-state index contributed by atoms with van der Waals surface area (Å²) >= 11 is 0. The number of nitrogens with zero attached hydrogens (tertiary/aromatic N) is 3. The van der Waals surface area contributed by atoms with E-state index in [2.05, 4.69) is 4.90 Å². The van der Waals surface area contributed by atoms with E-state index in [1.807, 2.05) is 0 Å². The minimum Gasteiger partial charge on any atom is -0.496 e. The minimum absolute atomic E-state index is 0.107. The van der Waals surface area contributed by atoms with Crippen LogP contribution >= 0.6 is 0 Å². The Balaban J connectivity index is 1.55. The molecule has 1 aliphatic rings. The van der Waals surface area contributed by atoms with Gasteiger partial charge in [0.25, 0.3) is 11.6 Å². The number of piperidine rings is 1. The van der Waals surface area contributed by atoms with Crippen molar-refractivity contribution in [2.45, 2.75) is 25.4 Å². The normalized spacial score (nSPS) is 14.5. The molecular weight excluding hydrogens is 437 g/mol. The Morgan fingerprint density at radius 3 is 2.38 bits per heavy atom. The molecule has 1 fully saturated rings. The predicted octanol–water partition coefficient (Wildman–Crippen LogP) is 5.05. The fourth-order valence-electron chi connectivity index (χ4n) is 4.45. The Morgan fingerprint density at radius 1 is 1.06 bits per heavy atom. The van der Waals surface area contributed by atoms with E-state index >= 15 is 0 Å². The Morgan fingerprint density at radius 2 is 1.71 bits per heavy atom. The number of nitro benzene ring substituents is 1. The third kappa shape index (κ3) is 5.07. The molecule has 1 saturated heterocycles. The van der Waals surface area contributed by atoms with Crippen LogP contribution in [0, 0.1) is 15.9 Å². The van der Waals surface area contributed by atoms with Crippen LogP contribution in [-0.2, 0) is 6.54 Å². The van der Waals surface area contributed by atoms with E-state index in [-0.39, 0.29) is 28.4 Å². The highest BCUT2D eigenvalue weighted by Gasteiger charge is 2.31. The molecule has 0 N–H and O–H groups in total. The summed E-state index contributed by atoms with van der Waals surface area (Å²) < 4.78 is 19.0. The number of anilines is 1. The minimum atomic E-state index is -0.368. The van der Waals surface area contributed by atoms with Gasteiger partial charge in [-0.2, -0.15) is 0 Å². The van der Waals surface area contributed by atoms with Gasteiger partial charge in [0.15, 0.2) is 0 Å². The first-order valence-corrected chi connectivity index (χ1v) is 11.1. The third-order valence-electron chi connectivity index (χ3n) is 6.17. The molecule has 3 aromatic carbocycles. The lowest BCUT2D eigenvalue weighted by Crippen LogP contribution is -2.47. The summed E-state index contributed by atoms with van der Waals surface area (Å²) in [6, 6.07) is 19.6. The van der Waals surface area contributed by atoms with Gasteiger partial charge in [0.1, 0.15) is 11.6 Å². The molecule has 0 atom stereocenters. The second kappa shape index (κ2) is 10.4. The van der Waals surface area contributed by atoms with Crippen molar-refractivity contribution >= 4 is 17.3 Å². The molecule has 0 bridgehead atoms. The molecule has 1 amide bonds. The average molecular weight is 464 g/mol. The zero-order chi connectivity index (χ0) is 24.1. The van der Waals surface area contributed by atoms with Crippen LogP contribution in [0.4, 0.5) is 15.8 Å². The Kier molecular flexibility index (Phi) is 7.18. The summed E-state index contributed by atoms with van der Waals surface area (Å²) in [5.74, 6) is -0.0950. The first-order valence-electron chi connectivity index (χ1n) is 11.1. The van der Waals surface area contributed by atoms with Gasteiger partial charge in [0, 0.05) is 43.0 Å². The maximum absolute atomic E-state index is 13.7. The van der Waals surface area contributed by atoms with E-state index in [4.69, 9.17) is 4.74 Å². The highest BCUT2D eigenvalue weighted by molar-refractivity contribution is 6.08. The van der Waals surface area contributed by atoms with Crippen LogP contribution in [0.5, 0.6) is 5.75 Å². The standard InChI is InChI=1S/C26H26FN3O4/c1-34-25-9-5-3-7-23(25)26(31)29(21-12-10-20(27)11-13-21)22-14-16-28(17-15-22)18-19-6-2-4-8-24(19)30(32)33/h2-13,22H,14-18H2,1H3. The Labute approximate surface area is 197 Å². The first-order chi connectivity index (χ1) is 16.5. The van der Waals surface area contributed by atoms with Crippen LogP contribution in [0.3, 0.4) is 0 Å². The number of hydrogen-bond donors (Lipinski definition) is 0. The Hall–Kier alpha value is -3.78. The number of amides is 1. The van der Waals surface area contributed by atoms with Crippen molar-refractivity contribution in [1.29, 1.82) is 0 Å². The largest absolute Gasteiger partial charge is 0.496 e. The quantitative estimate of drug-likeness (QED) is 0.362. The van der Waals surface area contributed by atoms with E-state index in [9.17, 15) is 19.3 Å². The summed E-state index contributed by atoms with van der Waals surface area (Å²) in [6.45, 7) is 1.82. The van der Waals surface area contributed by atoms with Crippen molar-refractivity contribution in [3.05, 3.63) is 99.9 Å². The zero-order valence-electron chi connectivity index (χ0n) is 18.9. The number of halogens is 1. The number of carbonyl (C=O) groups excluding carboxylic acids is 1. The SMILES string of the molecule is COc1ccccc1C(=O)N(c1ccc(F)cc1)C1CCN(Cc2ccccc2[N+](=O)[O-])CC1. The van der Waals surface area contributed by atoms with Crippen molar-refractivity contribution < 1.29 is 18.8 Å². The molecule has 1 aliphatic heterocycles.